The van der Waals surface area contributed by atoms with Gasteiger partial charge in [0.1, 0.15) is 5.75 Å². The van der Waals surface area contributed by atoms with Crippen molar-refractivity contribution >= 4 is 0 Å². The first kappa shape index (κ1) is 11.6. The van der Waals surface area contributed by atoms with E-state index >= 15 is 0 Å². The van der Waals surface area contributed by atoms with Gasteiger partial charge in [0, 0.05) is 0 Å². The van der Waals surface area contributed by atoms with Gasteiger partial charge in [-0.05, 0) is 24.1 Å². The molecule has 0 bridgehead atoms. The van der Waals surface area contributed by atoms with Crippen LogP contribution in [0.5, 0.6) is 11.5 Å². The van der Waals surface area contributed by atoms with Gasteiger partial charge in [-0.3, -0.25) is 0 Å². The van der Waals surface area contributed by atoms with Crippen molar-refractivity contribution in [1.82, 2.24) is 0 Å². The topological polar surface area (TPSA) is 43.3 Å². The molecule has 0 fully saturated rings. The third-order valence-electron chi connectivity index (χ3n) is 1.41. The van der Waals surface area contributed by atoms with Crippen molar-refractivity contribution in [2.45, 2.75) is 6.42 Å². The molecule has 0 radical (unpaired) electrons. The molecule has 0 saturated carbocycles. The van der Waals surface area contributed by atoms with Crippen LogP contribution in [-0.2, 0) is 6.42 Å². The minimum absolute atomic E-state index is 0. The molecule has 1 N–H and O–H groups in total. The number of rotatable bonds is 2. The number of hydrogen-bond acceptors (Lipinski definition) is 2. The van der Waals surface area contributed by atoms with Gasteiger partial charge in [0.05, 0.1) is 0 Å². The second-order valence-corrected chi connectivity index (χ2v) is 2.28. The maximum absolute atomic E-state index is 11.0. The van der Waals surface area contributed by atoms with Crippen molar-refractivity contribution in [3.8, 4) is 11.5 Å². The molecule has 12 heavy (non-hydrogen) atoms. The van der Waals surface area contributed by atoms with Gasteiger partial charge < -0.3 is 10.2 Å². The van der Waals surface area contributed by atoms with Crippen molar-refractivity contribution < 1.29 is 39.8 Å². The van der Waals surface area contributed by atoms with Gasteiger partial charge in [-0.2, -0.15) is 0 Å². The third-order valence-corrected chi connectivity index (χ3v) is 1.41. The van der Waals surface area contributed by atoms with E-state index in [1.807, 2.05) is 0 Å². The van der Waals surface area contributed by atoms with Gasteiger partial charge in [-0.25, -0.2) is 0 Å². The second kappa shape index (κ2) is 5.25. The van der Waals surface area contributed by atoms with E-state index in [0.29, 0.717) is 12.0 Å². The Labute approximate surface area is 93.8 Å². The molecule has 0 unspecified atom stereocenters. The van der Waals surface area contributed by atoms with E-state index in [-0.39, 0.29) is 41.1 Å². The van der Waals surface area contributed by atoms with Crippen LogP contribution in [0.3, 0.4) is 0 Å². The minimum atomic E-state index is -0.0531. The summed E-state index contributed by atoms with van der Waals surface area (Å²) in [5.41, 5.74) is 0.583. The van der Waals surface area contributed by atoms with Crippen LogP contribution in [0.25, 0.3) is 0 Å². The smallest absolute Gasteiger partial charge is 0.872 e. The van der Waals surface area contributed by atoms with Gasteiger partial charge in [0.15, 0.2) is 0 Å². The molecule has 0 aliphatic carbocycles. The molecule has 1 aromatic rings. The van der Waals surface area contributed by atoms with Crippen LogP contribution >= 0.6 is 0 Å². The molecule has 0 saturated heterocycles. The Morgan fingerprint density at radius 1 is 1.50 bits per heavy atom. The normalized spacial score (nSPS) is 8.67. The van der Waals surface area contributed by atoms with Gasteiger partial charge >= 0.3 is 29.6 Å². The molecule has 3 heteroatoms. The third kappa shape index (κ3) is 2.89. The fraction of sp³-hybridized carbons (Fsp3) is 0.111. The van der Waals surface area contributed by atoms with Crippen molar-refractivity contribution in [3.63, 3.8) is 0 Å². The second-order valence-electron chi connectivity index (χ2n) is 2.28. The molecular formula is C9H9NaO2. The summed E-state index contributed by atoms with van der Waals surface area (Å²) in [6.07, 6.45) is 2.14. The summed E-state index contributed by atoms with van der Waals surface area (Å²) < 4.78 is 0. The zero-order chi connectivity index (χ0) is 8.27. The Hall–Kier alpha value is -0.440. The summed E-state index contributed by atoms with van der Waals surface area (Å²) in [5, 5.41) is 20.0. The molecule has 0 aliphatic heterocycles. The summed E-state index contributed by atoms with van der Waals surface area (Å²) in [6.45, 7) is 3.51. The van der Waals surface area contributed by atoms with Crippen LogP contribution < -0.4 is 34.7 Å². The van der Waals surface area contributed by atoms with Gasteiger partial charge in [-0.1, -0.05) is 12.1 Å². The number of aromatic hydroxyl groups is 1. The molecule has 1 rings (SSSR count). The van der Waals surface area contributed by atoms with E-state index in [0.717, 1.165) is 0 Å². The first-order chi connectivity index (χ1) is 5.24. The Morgan fingerprint density at radius 3 is 2.75 bits per heavy atom. The maximum Gasteiger partial charge on any atom is 1.00 e. The molecule has 0 heterocycles. The standard InChI is InChI=1S/C9H10O2.Na/c1-2-3-7-6-8(10)4-5-9(7)11;/h2,4-6,10-11H,1,3H2;/q;+1/p-1. The Morgan fingerprint density at radius 2 is 2.17 bits per heavy atom. The van der Waals surface area contributed by atoms with Crippen molar-refractivity contribution in [2.24, 2.45) is 0 Å². The van der Waals surface area contributed by atoms with Crippen LogP contribution in [0.2, 0.25) is 0 Å². The van der Waals surface area contributed by atoms with Crippen LogP contribution in [0.4, 0.5) is 0 Å². The van der Waals surface area contributed by atoms with E-state index in [2.05, 4.69) is 6.58 Å². The average Bonchev–Trinajstić information content (AvgIpc) is 1.98. The number of benzene rings is 1. The summed E-state index contributed by atoms with van der Waals surface area (Å²) in [4.78, 5) is 0. The van der Waals surface area contributed by atoms with Crippen molar-refractivity contribution in [3.05, 3.63) is 36.4 Å². The average molecular weight is 172 g/mol. The first-order valence-corrected chi connectivity index (χ1v) is 3.34. The SMILES string of the molecule is C=CCc1cc(O)ccc1[O-].[Na+]. The fourth-order valence-electron chi connectivity index (χ4n) is 0.881. The fourth-order valence-corrected chi connectivity index (χ4v) is 0.881. The van der Waals surface area contributed by atoms with Crippen LogP contribution in [-0.4, -0.2) is 5.11 Å². The van der Waals surface area contributed by atoms with Crippen molar-refractivity contribution in [2.75, 3.05) is 0 Å². The van der Waals surface area contributed by atoms with Crippen molar-refractivity contribution in [1.29, 1.82) is 0 Å². The molecule has 0 aromatic heterocycles. The molecule has 2 nitrogen and oxygen atoms in total. The summed E-state index contributed by atoms with van der Waals surface area (Å²) in [6, 6.07) is 4.20. The molecule has 0 spiro atoms. The molecule has 0 atom stereocenters. The van der Waals surface area contributed by atoms with Crippen LogP contribution in [0, 0.1) is 0 Å². The monoisotopic (exact) mass is 172 g/mol. The zero-order valence-electron chi connectivity index (χ0n) is 7.08. The zero-order valence-corrected chi connectivity index (χ0v) is 9.08. The molecular weight excluding hydrogens is 163 g/mol. The van der Waals surface area contributed by atoms with Crippen LogP contribution in [0.15, 0.2) is 30.9 Å². The molecule has 0 aliphatic rings. The molecule has 58 valence electrons. The van der Waals surface area contributed by atoms with E-state index in [1.165, 1.54) is 18.2 Å². The largest absolute Gasteiger partial charge is 1.00 e. The Bertz CT molecular complexity index is 271. The van der Waals surface area contributed by atoms with Gasteiger partial charge in [0.2, 0.25) is 0 Å². The Kier molecular flexibility index (Phi) is 5.06. The van der Waals surface area contributed by atoms with Gasteiger partial charge in [-0.15, -0.1) is 12.3 Å². The predicted octanol–water partition coefficient (Wildman–Crippen LogP) is -1.80. The summed E-state index contributed by atoms with van der Waals surface area (Å²) in [5.74, 6) is 0.0733. The maximum atomic E-state index is 11.0. The number of phenols is 1. The summed E-state index contributed by atoms with van der Waals surface area (Å²) >= 11 is 0. The number of allylic oxidation sites excluding steroid dienone is 1. The number of hydrogen-bond donors (Lipinski definition) is 1. The van der Waals surface area contributed by atoms with E-state index in [4.69, 9.17) is 5.11 Å². The minimum Gasteiger partial charge on any atom is -0.872 e. The summed E-state index contributed by atoms with van der Waals surface area (Å²) in [7, 11) is 0. The predicted molar refractivity (Wildman–Crippen MR) is 41.5 cm³/mol. The van der Waals surface area contributed by atoms with E-state index in [1.54, 1.807) is 6.08 Å². The van der Waals surface area contributed by atoms with E-state index in [9.17, 15) is 5.11 Å². The Balaban J connectivity index is 0.00000121. The molecule has 1 aromatic carbocycles. The molecule has 0 amide bonds. The van der Waals surface area contributed by atoms with Gasteiger partial charge in [0.25, 0.3) is 0 Å². The van der Waals surface area contributed by atoms with Crippen LogP contribution in [0.1, 0.15) is 5.56 Å². The quantitative estimate of drug-likeness (QED) is 0.422. The number of phenolic OH excluding ortho intramolecular Hbond substituents is 1. The van der Waals surface area contributed by atoms with E-state index < -0.39 is 0 Å². The first-order valence-electron chi connectivity index (χ1n) is 3.34.